The van der Waals surface area contributed by atoms with Gasteiger partial charge in [-0.2, -0.15) is 0 Å². The van der Waals surface area contributed by atoms with Gasteiger partial charge in [-0.3, -0.25) is 4.90 Å². The average molecular weight is 307 g/mol. The highest BCUT2D eigenvalue weighted by atomic mass is 32.1. The number of aromatic nitrogens is 3. The molecule has 0 N–H and O–H groups in total. The summed E-state index contributed by atoms with van der Waals surface area (Å²) in [4.78, 5) is 10.6. The molecular weight excluding hydrogens is 286 g/mol. The molecule has 114 valence electrons. The minimum atomic E-state index is 0.177. The Morgan fingerprint density at radius 3 is 2.62 bits per heavy atom. The van der Waals surface area contributed by atoms with E-state index in [-0.39, 0.29) is 6.04 Å². The van der Waals surface area contributed by atoms with Crippen LogP contribution in [0.4, 0.5) is 5.13 Å². The van der Waals surface area contributed by atoms with Crippen molar-refractivity contribution in [3.05, 3.63) is 22.9 Å². The minimum absolute atomic E-state index is 0.177. The molecule has 1 saturated heterocycles. The number of nitrogens with zero attached hydrogens (tertiary/aromatic N) is 5. The lowest BCUT2D eigenvalue weighted by atomic mass is 10.2. The van der Waals surface area contributed by atoms with Crippen LogP contribution in [0.5, 0.6) is 0 Å². The standard InChI is InChI=1S/C14H21N5OS/c1-4-12-9-15-14(21-12)19-7-5-18(6-8-19)10(2)13-17-16-11(3)20-13/h9-10H,4-8H2,1-3H3. The first kappa shape index (κ1) is 14.5. The fourth-order valence-corrected chi connectivity index (χ4v) is 3.45. The number of aryl methyl sites for hydroxylation is 2. The van der Waals surface area contributed by atoms with Gasteiger partial charge >= 0.3 is 0 Å². The number of anilines is 1. The fourth-order valence-electron chi connectivity index (χ4n) is 2.54. The molecule has 3 rings (SSSR count). The maximum atomic E-state index is 5.54. The Kier molecular flexibility index (Phi) is 4.21. The lowest BCUT2D eigenvalue weighted by Gasteiger charge is -2.36. The van der Waals surface area contributed by atoms with Crippen LogP contribution in [0.3, 0.4) is 0 Å². The molecule has 0 saturated carbocycles. The number of thiazole rings is 1. The van der Waals surface area contributed by atoms with Crippen LogP contribution in [0, 0.1) is 6.92 Å². The second kappa shape index (κ2) is 6.11. The smallest absolute Gasteiger partial charge is 0.233 e. The number of rotatable bonds is 4. The van der Waals surface area contributed by atoms with E-state index in [4.69, 9.17) is 4.42 Å². The molecule has 2 aromatic rings. The molecule has 1 unspecified atom stereocenters. The predicted molar refractivity (Wildman–Crippen MR) is 82.7 cm³/mol. The third kappa shape index (κ3) is 3.08. The molecule has 21 heavy (non-hydrogen) atoms. The van der Waals surface area contributed by atoms with Crippen LogP contribution in [0.25, 0.3) is 0 Å². The Morgan fingerprint density at radius 2 is 2.05 bits per heavy atom. The topological polar surface area (TPSA) is 58.3 Å². The first-order valence-corrected chi connectivity index (χ1v) is 8.22. The summed E-state index contributed by atoms with van der Waals surface area (Å²) >= 11 is 1.80. The van der Waals surface area contributed by atoms with E-state index in [2.05, 4.69) is 38.8 Å². The predicted octanol–water partition coefficient (Wildman–Crippen LogP) is 2.28. The molecule has 0 aromatic carbocycles. The summed E-state index contributed by atoms with van der Waals surface area (Å²) in [5.41, 5.74) is 0. The minimum Gasteiger partial charge on any atom is -0.424 e. The van der Waals surface area contributed by atoms with Crippen LogP contribution in [-0.4, -0.2) is 46.3 Å². The zero-order chi connectivity index (χ0) is 14.8. The summed E-state index contributed by atoms with van der Waals surface area (Å²) < 4.78 is 5.54. The Hall–Kier alpha value is -1.47. The van der Waals surface area contributed by atoms with Gasteiger partial charge in [0.25, 0.3) is 0 Å². The van der Waals surface area contributed by atoms with Crippen LogP contribution < -0.4 is 4.90 Å². The SMILES string of the molecule is CCc1cnc(N2CCN(C(C)c3nnc(C)o3)CC2)s1. The van der Waals surface area contributed by atoms with Gasteiger partial charge in [0.05, 0.1) is 6.04 Å². The van der Waals surface area contributed by atoms with E-state index >= 15 is 0 Å². The number of hydrogen-bond acceptors (Lipinski definition) is 7. The van der Waals surface area contributed by atoms with Gasteiger partial charge in [-0.05, 0) is 13.3 Å². The normalized spacial score (nSPS) is 18.1. The molecule has 2 aromatic heterocycles. The van der Waals surface area contributed by atoms with Crippen molar-refractivity contribution in [1.29, 1.82) is 0 Å². The quantitative estimate of drug-likeness (QED) is 0.863. The van der Waals surface area contributed by atoms with E-state index in [1.54, 1.807) is 11.3 Å². The van der Waals surface area contributed by atoms with Crippen molar-refractivity contribution in [2.45, 2.75) is 33.2 Å². The number of hydrogen-bond donors (Lipinski definition) is 0. The van der Waals surface area contributed by atoms with Gasteiger partial charge in [0.15, 0.2) is 5.13 Å². The highest BCUT2D eigenvalue weighted by Gasteiger charge is 2.26. The summed E-state index contributed by atoms with van der Waals surface area (Å²) in [6.45, 7) is 10.1. The first-order valence-electron chi connectivity index (χ1n) is 7.41. The van der Waals surface area contributed by atoms with E-state index in [9.17, 15) is 0 Å². The van der Waals surface area contributed by atoms with Gasteiger partial charge in [0.2, 0.25) is 11.8 Å². The fraction of sp³-hybridized carbons (Fsp3) is 0.643. The molecule has 0 spiro atoms. The molecule has 1 fully saturated rings. The summed E-state index contributed by atoms with van der Waals surface area (Å²) in [6.07, 6.45) is 3.06. The third-order valence-corrected chi connectivity index (χ3v) is 5.12. The lowest BCUT2D eigenvalue weighted by Crippen LogP contribution is -2.47. The Bertz CT molecular complexity index is 588. The largest absolute Gasteiger partial charge is 0.424 e. The molecule has 0 aliphatic carbocycles. The second-order valence-electron chi connectivity index (χ2n) is 5.32. The van der Waals surface area contributed by atoms with Crippen molar-refractivity contribution in [3.8, 4) is 0 Å². The molecule has 1 aliphatic heterocycles. The van der Waals surface area contributed by atoms with Crippen LogP contribution in [-0.2, 0) is 6.42 Å². The maximum Gasteiger partial charge on any atom is 0.233 e. The monoisotopic (exact) mass is 307 g/mol. The Labute approximate surface area is 128 Å². The van der Waals surface area contributed by atoms with Crippen LogP contribution in [0.1, 0.15) is 36.5 Å². The maximum absolute atomic E-state index is 5.54. The van der Waals surface area contributed by atoms with E-state index in [1.807, 2.05) is 13.1 Å². The molecule has 0 bridgehead atoms. The van der Waals surface area contributed by atoms with Crippen molar-refractivity contribution in [1.82, 2.24) is 20.1 Å². The highest BCUT2D eigenvalue weighted by molar-refractivity contribution is 7.15. The summed E-state index contributed by atoms with van der Waals surface area (Å²) in [6, 6.07) is 0.177. The van der Waals surface area contributed by atoms with Crippen LogP contribution in [0.2, 0.25) is 0 Å². The molecule has 0 radical (unpaired) electrons. The molecular formula is C14H21N5OS. The van der Waals surface area contributed by atoms with Gasteiger partial charge in [-0.25, -0.2) is 4.98 Å². The van der Waals surface area contributed by atoms with Crippen molar-refractivity contribution in [3.63, 3.8) is 0 Å². The Morgan fingerprint density at radius 1 is 1.29 bits per heavy atom. The molecule has 7 heteroatoms. The van der Waals surface area contributed by atoms with Crippen LogP contribution in [0.15, 0.2) is 10.6 Å². The number of piperazine rings is 1. The first-order chi connectivity index (χ1) is 10.2. The van der Waals surface area contributed by atoms with Crippen molar-refractivity contribution >= 4 is 16.5 Å². The third-order valence-electron chi connectivity index (χ3n) is 3.92. The second-order valence-corrected chi connectivity index (χ2v) is 6.41. The van der Waals surface area contributed by atoms with Crippen LogP contribution >= 0.6 is 11.3 Å². The van der Waals surface area contributed by atoms with Gasteiger partial charge in [-0.1, -0.05) is 6.92 Å². The molecule has 1 atom stereocenters. The van der Waals surface area contributed by atoms with Gasteiger partial charge in [-0.15, -0.1) is 21.5 Å². The van der Waals surface area contributed by atoms with Crippen molar-refractivity contribution in [2.75, 3.05) is 31.1 Å². The Balaban J connectivity index is 1.59. The van der Waals surface area contributed by atoms with Gasteiger partial charge in [0, 0.05) is 44.2 Å². The summed E-state index contributed by atoms with van der Waals surface area (Å²) in [5.74, 6) is 1.34. The van der Waals surface area contributed by atoms with Gasteiger partial charge < -0.3 is 9.32 Å². The summed E-state index contributed by atoms with van der Waals surface area (Å²) in [5, 5.41) is 9.19. The van der Waals surface area contributed by atoms with E-state index in [0.717, 1.165) is 37.7 Å². The van der Waals surface area contributed by atoms with E-state index < -0.39 is 0 Å². The van der Waals surface area contributed by atoms with E-state index in [1.165, 1.54) is 4.88 Å². The van der Waals surface area contributed by atoms with Crippen molar-refractivity contribution < 1.29 is 4.42 Å². The van der Waals surface area contributed by atoms with Crippen molar-refractivity contribution in [2.24, 2.45) is 0 Å². The molecule has 6 nitrogen and oxygen atoms in total. The lowest BCUT2D eigenvalue weighted by molar-refractivity contribution is 0.172. The summed E-state index contributed by atoms with van der Waals surface area (Å²) in [7, 11) is 0. The zero-order valence-corrected chi connectivity index (χ0v) is 13.6. The zero-order valence-electron chi connectivity index (χ0n) is 12.7. The van der Waals surface area contributed by atoms with E-state index in [0.29, 0.717) is 11.8 Å². The molecule has 3 heterocycles. The highest BCUT2D eigenvalue weighted by Crippen LogP contribution is 2.26. The molecule has 1 aliphatic rings. The average Bonchev–Trinajstić information content (AvgIpc) is 3.15. The van der Waals surface area contributed by atoms with Gasteiger partial charge in [0.1, 0.15) is 0 Å². The molecule has 0 amide bonds.